The zero-order chi connectivity index (χ0) is 22.7. The Hall–Kier alpha value is -3.68. The van der Waals surface area contributed by atoms with Gasteiger partial charge in [0.05, 0.1) is 27.0 Å². The van der Waals surface area contributed by atoms with E-state index in [1.807, 2.05) is 23.1 Å². The van der Waals surface area contributed by atoms with E-state index in [9.17, 15) is 9.59 Å². The molecule has 168 valence electrons. The monoisotopic (exact) mass is 437 g/mol. The first kappa shape index (κ1) is 21.5. The molecular weight excluding hydrogens is 410 g/mol. The number of anilines is 1. The van der Waals surface area contributed by atoms with E-state index >= 15 is 0 Å². The van der Waals surface area contributed by atoms with Gasteiger partial charge in [-0.1, -0.05) is 0 Å². The number of hydrogen-bond donors (Lipinski definition) is 2. The van der Waals surface area contributed by atoms with Crippen LogP contribution in [-0.4, -0.2) is 49.6 Å². The van der Waals surface area contributed by atoms with Crippen molar-refractivity contribution in [3.63, 3.8) is 0 Å². The van der Waals surface area contributed by atoms with Crippen LogP contribution in [0.3, 0.4) is 0 Å². The SMILES string of the molecule is COc1ccc(OC)c(NC(=O)CCC(=O)N2CCc3[nH]c4ccc(OC)cc4c3C2)c1. The van der Waals surface area contributed by atoms with Crippen molar-refractivity contribution in [2.45, 2.75) is 25.8 Å². The van der Waals surface area contributed by atoms with E-state index in [0.29, 0.717) is 30.3 Å². The topological polar surface area (TPSA) is 92.9 Å². The number of fused-ring (bicyclic) bond motifs is 3. The lowest BCUT2D eigenvalue weighted by Gasteiger charge is -2.27. The fourth-order valence-corrected chi connectivity index (χ4v) is 4.04. The third kappa shape index (κ3) is 4.34. The van der Waals surface area contributed by atoms with Gasteiger partial charge in [0.2, 0.25) is 11.8 Å². The van der Waals surface area contributed by atoms with Gasteiger partial charge < -0.3 is 29.4 Å². The molecule has 2 aromatic carbocycles. The Morgan fingerprint density at radius 2 is 1.75 bits per heavy atom. The summed E-state index contributed by atoms with van der Waals surface area (Å²) in [6.45, 7) is 1.15. The van der Waals surface area contributed by atoms with E-state index in [2.05, 4.69) is 10.3 Å². The highest BCUT2D eigenvalue weighted by atomic mass is 16.5. The van der Waals surface area contributed by atoms with Gasteiger partial charge in [-0.05, 0) is 30.3 Å². The number of nitrogens with one attached hydrogen (secondary N) is 2. The van der Waals surface area contributed by atoms with E-state index in [1.165, 1.54) is 7.11 Å². The number of carbonyl (C=O) groups is 2. The van der Waals surface area contributed by atoms with Crippen molar-refractivity contribution in [1.82, 2.24) is 9.88 Å². The summed E-state index contributed by atoms with van der Waals surface area (Å²) in [5, 5.41) is 3.88. The normalized spacial score (nSPS) is 12.9. The van der Waals surface area contributed by atoms with E-state index in [-0.39, 0.29) is 24.7 Å². The number of benzene rings is 2. The number of rotatable bonds is 7. The second-order valence-corrected chi connectivity index (χ2v) is 7.67. The first-order valence-corrected chi connectivity index (χ1v) is 10.5. The van der Waals surface area contributed by atoms with Crippen LogP contribution in [0.5, 0.6) is 17.2 Å². The summed E-state index contributed by atoms with van der Waals surface area (Å²) in [5.41, 5.74) is 3.82. The molecule has 3 aromatic rings. The van der Waals surface area contributed by atoms with Gasteiger partial charge >= 0.3 is 0 Å². The minimum atomic E-state index is -0.251. The Morgan fingerprint density at radius 3 is 2.50 bits per heavy atom. The summed E-state index contributed by atoms with van der Waals surface area (Å²) in [6, 6.07) is 11.1. The lowest BCUT2D eigenvalue weighted by atomic mass is 10.0. The lowest BCUT2D eigenvalue weighted by molar-refractivity contribution is -0.133. The van der Waals surface area contributed by atoms with Crippen molar-refractivity contribution in [3.05, 3.63) is 47.7 Å². The van der Waals surface area contributed by atoms with Crippen molar-refractivity contribution in [1.29, 1.82) is 0 Å². The number of carbonyl (C=O) groups excluding carboxylic acids is 2. The summed E-state index contributed by atoms with van der Waals surface area (Å²) in [7, 11) is 4.73. The molecule has 1 aromatic heterocycles. The molecule has 2 N–H and O–H groups in total. The molecule has 0 aliphatic carbocycles. The Kier molecular flexibility index (Phi) is 6.20. The third-order valence-corrected chi connectivity index (χ3v) is 5.78. The molecule has 0 spiro atoms. The number of aromatic amines is 1. The molecule has 4 rings (SSSR count). The van der Waals surface area contributed by atoms with Gasteiger partial charge in [-0.2, -0.15) is 0 Å². The van der Waals surface area contributed by atoms with Crippen LogP contribution >= 0.6 is 0 Å². The van der Waals surface area contributed by atoms with E-state index < -0.39 is 0 Å². The van der Waals surface area contributed by atoms with Gasteiger partial charge in [-0.25, -0.2) is 0 Å². The van der Waals surface area contributed by atoms with Crippen LogP contribution in [-0.2, 0) is 22.6 Å². The second kappa shape index (κ2) is 9.21. The average molecular weight is 437 g/mol. The zero-order valence-electron chi connectivity index (χ0n) is 18.5. The van der Waals surface area contributed by atoms with Gasteiger partial charge in [0.1, 0.15) is 17.2 Å². The first-order valence-electron chi connectivity index (χ1n) is 10.5. The fraction of sp³-hybridized carbons (Fsp3) is 0.333. The maximum absolute atomic E-state index is 12.8. The molecule has 0 fully saturated rings. The van der Waals surface area contributed by atoms with Gasteiger partial charge in [0.25, 0.3) is 0 Å². The maximum Gasteiger partial charge on any atom is 0.224 e. The quantitative estimate of drug-likeness (QED) is 0.590. The molecule has 2 heterocycles. The molecule has 0 saturated heterocycles. The Labute approximate surface area is 186 Å². The van der Waals surface area contributed by atoms with Crippen LogP contribution in [0.1, 0.15) is 24.1 Å². The largest absolute Gasteiger partial charge is 0.497 e. The standard InChI is InChI=1S/C24H27N3O5/c1-30-15-4-6-19-17(12-15)18-14-27(11-10-20(18)25-19)24(29)9-8-23(28)26-21-13-16(31-2)5-7-22(21)32-3/h4-7,12-13,25H,8-11,14H2,1-3H3,(H,26,28). The van der Waals surface area contributed by atoms with Crippen molar-refractivity contribution in [3.8, 4) is 17.2 Å². The van der Waals surface area contributed by atoms with E-state index in [1.54, 1.807) is 32.4 Å². The van der Waals surface area contributed by atoms with Crippen LogP contribution in [0.2, 0.25) is 0 Å². The minimum absolute atomic E-state index is 0.0411. The zero-order valence-corrected chi connectivity index (χ0v) is 18.5. The van der Waals surface area contributed by atoms with Crippen LogP contribution < -0.4 is 19.5 Å². The fourth-order valence-electron chi connectivity index (χ4n) is 4.04. The summed E-state index contributed by atoms with van der Waals surface area (Å²) in [6.07, 6.45) is 0.981. The van der Waals surface area contributed by atoms with Crippen molar-refractivity contribution in [2.24, 2.45) is 0 Å². The average Bonchev–Trinajstić information content (AvgIpc) is 3.19. The molecule has 0 radical (unpaired) electrons. The number of amides is 2. The summed E-state index contributed by atoms with van der Waals surface area (Å²) >= 11 is 0. The predicted molar refractivity (Wildman–Crippen MR) is 121 cm³/mol. The van der Waals surface area contributed by atoms with Crippen LogP contribution in [0.25, 0.3) is 10.9 Å². The Balaban J connectivity index is 1.39. The second-order valence-electron chi connectivity index (χ2n) is 7.67. The molecule has 0 bridgehead atoms. The lowest BCUT2D eigenvalue weighted by Crippen LogP contribution is -2.36. The molecule has 8 heteroatoms. The number of aromatic nitrogens is 1. The molecule has 2 amide bonds. The number of hydrogen-bond acceptors (Lipinski definition) is 5. The molecule has 8 nitrogen and oxygen atoms in total. The molecule has 32 heavy (non-hydrogen) atoms. The van der Waals surface area contributed by atoms with Crippen molar-refractivity contribution >= 4 is 28.4 Å². The summed E-state index contributed by atoms with van der Waals surface area (Å²) < 4.78 is 15.8. The van der Waals surface area contributed by atoms with Crippen molar-refractivity contribution < 1.29 is 23.8 Å². The summed E-state index contributed by atoms with van der Waals surface area (Å²) in [4.78, 5) is 30.6. The van der Waals surface area contributed by atoms with Gasteiger partial charge in [-0.15, -0.1) is 0 Å². The van der Waals surface area contributed by atoms with E-state index in [0.717, 1.165) is 34.3 Å². The molecule has 1 aliphatic heterocycles. The Morgan fingerprint density at radius 1 is 1.00 bits per heavy atom. The molecular formula is C24H27N3O5. The highest BCUT2D eigenvalue weighted by Crippen LogP contribution is 2.31. The third-order valence-electron chi connectivity index (χ3n) is 5.78. The van der Waals surface area contributed by atoms with Crippen LogP contribution in [0, 0.1) is 0 Å². The smallest absolute Gasteiger partial charge is 0.224 e. The number of H-pyrrole nitrogens is 1. The van der Waals surface area contributed by atoms with Gasteiger partial charge in [-0.3, -0.25) is 9.59 Å². The van der Waals surface area contributed by atoms with Crippen LogP contribution in [0.4, 0.5) is 5.69 Å². The highest BCUT2D eigenvalue weighted by molar-refractivity contribution is 5.95. The molecule has 0 unspecified atom stereocenters. The number of nitrogens with zero attached hydrogens (tertiary/aromatic N) is 1. The van der Waals surface area contributed by atoms with Gasteiger partial charge in [0.15, 0.2) is 0 Å². The van der Waals surface area contributed by atoms with Gasteiger partial charge in [0, 0.05) is 60.6 Å². The molecule has 1 aliphatic rings. The number of methoxy groups -OCH3 is 3. The van der Waals surface area contributed by atoms with Crippen molar-refractivity contribution in [2.75, 3.05) is 33.2 Å². The first-order chi connectivity index (χ1) is 15.5. The molecule has 0 saturated carbocycles. The molecule has 0 atom stereocenters. The Bertz CT molecular complexity index is 1150. The minimum Gasteiger partial charge on any atom is -0.497 e. The summed E-state index contributed by atoms with van der Waals surface area (Å²) in [5.74, 6) is 1.63. The maximum atomic E-state index is 12.8. The highest BCUT2D eigenvalue weighted by Gasteiger charge is 2.24. The predicted octanol–water partition coefficient (Wildman–Crippen LogP) is 3.50. The van der Waals surface area contributed by atoms with Crippen LogP contribution in [0.15, 0.2) is 36.4 Å². The number of ether oxygens (including phenoxy) is 3. The van der Waals surface area contributed by atoms with E-state index in [4.69, 9.17) is 14.2 Å².